The molecule has 3 aromatic rings. The second-order valence-corrected chi connectivity index (χ2v) is 9.00. The number of nitrogens with one attached hydrogen (secondary N) is 4. The molecule has 4 rings (SSSR count). The second kappa shape index (κ2) is 10.3. The fourth-order valence-electron chi connectivity index (χ4n) is 3.73. The standard InChI is InChI=1S/C24H25F4N7O2/c1-23(2,37)19-17(25)5-6-18(33-19)34-20-16(21(36)31-12-24(26,27)28)11-30-22(35-20)32-15-4-3-13-7-8-29-10-14(13)9-15/h3-6,9,11,29,37H,7-8,10,12H2,1-2H3,(H,31,36)(H2,30,32,33,34,35). The number of hydrogen-bond donors (Lipinski definition) is 5. The number of nitrogens with zero attached hydrogens (tertiary/aromatic N) is 3. The van der Waals surface area contributed by atoms with Gasteiger partial charge in [-0.2, -0.15) is 18.2 Å². The molecule has 0 saturated heterocycles. The van der Waals surface area contributed by atoms with Gasteiger partial charge in [-0.25, -0.2) is 14.4 Å². The summed E-state index contributed by atoms with van der Waals surface area (Å²) in [6.07, 6.45) is -2.64. The van der Waals surface area contributed by atoms with E-state index in [4.69, 9.17) is 0 Å². The van der Waals surface area contributed by atoms with E-state index >= 15 is 0 Å². The number of halogens is 4. The summed E-state index contributed by atoms with van der Waals surface area (Å²) < 4.78 is 52.2. The quantitative estimate of drug-likeness (QED) is 0.300. The zero-order chi connectivity index (χ0) is 26.8. The van der Waals surface area contributed by atoms with Crippen LogP contribution in [0.1, 0.15) is 41.0 Å². The van der Waals surface area contributed by atoms with Crippen LogP contribution in [0.15, 0.2) is 36.5 Å². The van der Waals surface area contributed by atoms with Crippen LogP contribution in [0.3, 0.4) is 0 Å². The van der Waals surface area contributed by atoms with Crippen molar-refractivity contribution in [3.63, 3.8) is 0 Å². The molecule has 0 saturated carbocycles. The van der Waals surface area contributed by atoms with E-state index in [1.54, 1.807) is 5.32 Å². The highest BCUT2D eigenvalue weighted by molar-refractivity contribution is 5.99. The van der Waals surface area contributed by atoms with Crippen LogP contribution >= 0.6 is 0 Å². The Bertz CT molecular complexity index is 1310. The Hall–Kier alpha value is -3.84. The van der Waals surface area contributed by atoms with Crippen LogP contribution in [0, 0.1) is 5.82 Å². The molecule has 0 atom stereocenters. The van der Waals surface area contributed by atoms with E-state index in [9.17, 15) is 27.5 Å². The van der Waals surface area contributed by atoms with Crippen molar-refractivity contribution in [1.82, 2.24) is 25.6 Å². The van der Waals surface area contributed by atoms with E-state index < -0.39 is 30.0 Å². The lowest BCUT2D eigenvalue weighted by atomic mass is 10.0. The molecule has 0 aliphatic carbocycles. The highest BCUT2D eigenvalue weighted by Gasteiger charge is 2.29. The van der Waals surface area contributed by atoms with Crippen LogP contribution in [-0.2, 0) is 18.6 Å². The average Bonchev–Trinajstić information content (AvgIpc) is 2.83. The summed E-state index contributed by atoms with van der Waals surface area (Å²) in [5, 5.41) is 21.0. The van der Waals surface area contributed by atoms with Crippen LogP contribution in [0.5, 0.6) is 0 Å². The molecule has 0 spiro atoms. The largest absolute Gasteiger partial charge is 0.405 e. The average molecular weight is 520 g/mol. The first kappa shape index (κ1) is 26.2. The number of carbonyl (C=O) groups is 1. The molecule has 5 N–H and O–H groups in total. The molecule has 196 valence electrons. The highest BCUT2D eigenvalue weighted by Crippen LogP contribution is 2.26. The first-order valence-corrected chi connectivity index (χ1v) is 11.4. The number of alkyl halides is 3. The number of anilines is 4. The lowest BCUT2D eigenvalue weighted by Gasteiger charge is -2.19. The van der Waals surface area contributed by atoms with Crippen LogP contribution in [0.25, 0.3) is 0 Å². The smallest absolute Gasteiger partial charge is 0.384 e. The zero-order valence-corrected chi connectivity index (χ0v) is 20.0. The number of aliphatic hydroxyl groups is 1. The number of amides is 1. The molecule has 13 heteroatoms. The molecular formula is C24H25F4N7O2. The van der Waals surface area contributed by atoms with Gasteiger partial charge in [-0.15, -0.1) is 0 Å². The molecule has 1 aliphatic rings. The number of pyridine rings is 1. The first-order chi connectivity index (χ1) is 17.4. The minimum atomic E-state index is -4.62. The van der Waals surface area contributed by atoms with Crippen molar-refractivity contribution in [1.29, 1.82) is 0 Å². The third-order valence-electron chi connectivity index (χ3n) is 5.50. The van der Waals surface area contributed by atoms with Crippen LogP contribution in [0.4, 0.5) is 40.8 Å². The van der Waals surface area contributed by atoms with Gasteiger partial charge in [-0.3, -0.25) is 4.79 Å². The Morgan fingerprint density at radius 3 is 2.62 bits per heavy atom. The SMILES string of the molecule is CC(C)(O)c1nc(Nc2nc(Nc3ccc4c(c3)CNCC4)ncc2C(=O)NCC(F)(F)F)ccc1F. The monoisotopic (exact) mass is 519 g/mol. The Morgan fingerprint density at radius 1 is 1.11 bits per heavy atom. The summed E-state index contributed by atoms with van der Waals surface area (Å²) in [5.74, 6) is -1.93. The maximum atomic E-state index is 14.2. The lowest BCUT2D eigenvalue weighted by Crippen LogP contribution is -2.34. The predicted octanol–water partition coefficient (Wildman–Crippen LogP) is 3.66. The van der Waals surface area contributed by atoms with Gasteiger partial charge in [0, 0.05) is 18.4 Å². The molecule has 37 heavy (non-hydrogen) atoms. The second-order valence-electron chi connectivity index (χ2n) is 9.00. The number of benzene rings is 1. The first-order valence-electron chi connectivity index (χ1n) is 11.4. The molecule has 1 amide bonds. The predicted molar refractivity (Wildman–Crippen MR) is 128 cm³/mol. The normalized spacial score (nSPS) is 13.6. The van der Waals surface area contributed by atoms with Crippen molar-refractivity contribution in [2.75, 3.05) is 23.7 Å². The maximum Gasteiger partial charge on any atom is 0.405 e. The molecule has 0 unspecified atom stereocenters. The lowest BCUT2D eigenvalue weighted by molar-refractivity contribution is -0.123. The molecule has 9 nitrogen and oxygen atoms in total. The summed E-state index contributed by atoms with van der Waals surface area (Å²) in [6.45, 7) is 2.74. The molecule has 0 fully saturated rings. The fraction of sp³-hybridized carbons (Fsp3) is 0.333. The number of aromatic nitrogens is 3. The number of carbonyl (C=O) groups excluding carboxylic acids is 1. The minimum Gasteiger partial charge on any atom is -0.384 e. The van der Waals surface area contributed by atoms with Gasteiger partial charge in [0.1, 0.15) is 40.9 Å². The van der Waals surface area contributed by atoms with Crippen molar-refractivity contribution in [2.45, 2.75) is 38.6 Å². The van der Waals surface area contributed by atoms with E-state index in [0.29, 0.717) is 12.2 Å². The molecule has 0 bridgehead atoms. The van der Waals surface area contributed by atoms with Gasteiger partial charge < -0.3 is 26.4 Å². The fourth-order valence-corrected chi connectivity index (χ4v) is 3.73. The molecule has 3 heterocycles. The summed E-state index contributed by atoms with van der Waals surface area (Å²) in [5.41, 5.74) is 0.818. The van der Waals surface area contributed by atoms with Crippen molar-refractivity contribution >= 4 is 29.2 Å². The van der Waals surface area contributed by atoms with E-state index in [1.165, 1.54) is 25.5 Å². The summed E-state index contributed by atoms with van der Waals surface area (Å²) >= 11 is 0. The van der Waals surface area contributed by atoms with E-state index in [2.05, 4.69) is 30.9 Å². The number of hydrogen-bond acceptors (Lipinski definition) is 8. The summed E-state index contributed by atoms with van der Waals surface area (Å²) in [6, 6.07) is 8.07. The molecule has 0 radical (unpaired) electrons. The van der Waals surface area contributed by atoms with Gasteiger partial charge in [0.05, 0.1) is 0 Å². The summed E-state index contributed by atoms with van der Waals surface area (Å²) in [4.78, 5) is 24.9. The van der Waals surface area contributed by atoms with E-state index in [0.717, 1.165) is 30.8 Å². The molecule has 1 aliphatic heterocycles. The van der Waals surface area contributed by atoms with Gasteiger partial charge in [0.25, 0.3) is 5.91 Å². The maximum absolute atomic E-state index is 14.2. The van der Waals surface area contributed by atoms with Crippen molar-refractivity contribution in [2.24, 2.45) is 0 Å². The third kappa shape index (κ3) is 6.68. The molecular weight excluding hydrogens is 494 g/mol. The highest BCUT2D eigenvalue weighted by atomic mass is 19.4. The topological polar surface area (TPSA) is 124 Å². The van der Waals surface area contributed by atoms with Crippen molar-refractivity contribution < 1.29 is 27.5 Å². The Kier molecular flexibility index (Phi) is 7.28. The third-order valence-corrected chi connectivity index (χ3v) is 5.50. The number of rotatable bonds is 7. The Balaban J connectivity index is 1.66. The van der Waals surface area contributed by atoms with Crippen LogP contribution in [0.2, 0.25) is 0 Å². The minimum absolute atomic E-state index is 0.00732. The molecule has 2 aromatic heterocycles. The summed E-state index contributed by atoms with van der Waals surface area (Å²) in [7, 11) is 0. The van der Waals surface area contributed by atoms with Gasteiger partial charge in [-0.05, 0) is 62.2 Å². The van der Waals surface area contributed by atoms with Gasteiger partial charge in [-0.1, -0.05) is 6.07 Å². The van der Waals surface area contributed by atoms with Gasteiger partial charge in [0.15, 0.2) is 0 Å². The zero-order valence-electron chi connectivity index (χ0n) is 20.0. The van der Waals surface area contributed by atoms with Crippen LogP contribution < -0.4 is 21.3 Å². The van der Waals surface area contributed by atoms with Crippen molar-refractivity contribution in [3.05, 3.63) is 64.7 Å². The Labute approximate surface area is 209 Å². The van der Waals surface area contributed by atoms with E-state index in [-0.39, 0.29) is 28.8 Å². The van der Waals surface area contributed by atoms with Gasteiger partial charge in [0.2, 0.25) is 5.95 Å². The van der Waals surface area contributed by atoms with Crippen molar-refractivity contribution in [3.8, 4) is 0 Å². The Morgan fingerprint density at radius 2 is 1.89 bits per heavy atom. The molecule has 1 aromatic carbocycles. The number of fused-ring (bicyclic) bond motifs is 1. The van der Waals surface area contributed by atoms with Gasteiger partial charge >= 0.3 is 6.18 Å². The van der Waals surface area contributed by atoms with Crippen LogP contribution in [-0.4, -0.2) is 45.2 Å². The van der Waals surface area contributed by atoms with E-state index in [1.807, 2.05) is 18.2 Å².